The van der Waals surface area contributed by atoms with Crippen molar-refractivity contribution in [1.29, 1.82) is 0 Å². The number of hydrogen-bond donors (Lipinski definition) is 1. The van der Waals surface area contributed by atoms with Crippen LogP contribution >= 0.6 is 0 Å². The van der Waals surface area contributed by atoms with Crippen molar-refractivity contribution >= 4 is 11.0 Å². The van der Waals surface area contributed by atoms with Crippen molar-refractivity contribution in [2.45, 2.75) is 26.3 Å². The molecule has 2 unspecified atom stereocenters. The third-order valence-corrected chi connectivity index (χ3v) is 3.10. The van der Waals surface area contributed by atoms with Crippen LogP contribution in [0.3, 0.4) is 0 Å². The van der Waals surface area contributed by atoms with Gasteiger partial charge in [-0.25, -0.2) is 4.39 Å². The molecule has 3 heteroatoms. The van der Waals surface area contributed by atoms with Gasteiger partial charge in [-0.15, -0.1) is 0 Å². The first-order valence-electron chi connectivity index (χ1n) is 5.57. The first-order chi connectivity index (χ1) is 7.63. The van der Waals surface area contributed by atoms with Crippen LogP contribution in [-0.2, 0) is 0 Å². The molecule has 2 nitrogen and oxygen atoms in total. The Kier molecular flexibility index (Phi) is 2.97. The molecule has 16 heavy (non-hydrogen) atoms. The van der Waals surface area contributed by atoms with Crippen LogP contribution in [0.15, 0.2) is 28.7 Å². The molecule has 2 rings (SSSR count). The molecule has 86 valence electrons. The maximum absolute atomic E-state index is 13.4. The number of furan rings is 1. The van der Waals surface area contributed by atoms with Gasteiger partial charge >= 0.3 is 0 Å². The van der Waals surface area contributed by atoms with Crippen molar-refractivity contribution in [2.24, 2.45) is 11.7 Å². The molecular formula is C13H16FNO. The second kappa shape index (κ2) is 4.26. The third-order valence-electron chi connectivity index (χ3n) is 3.10. The fourth-order valence-corrected chi connectivity index (χ4v) is 1.75. The Morgan fingerprint density at radius 1 is 1.44 bits per heavy atom. The highest BCUT2D eigenvalue weighted by atomic mass is 19.1. The van der Waals surface area contributed by atoms with E-state index in [0.717, 1.165) is 11.8 Å². The molecule has 0 aliphatic carbocycles. The topological polar surface area (TPSA) is 39.2 Å². The van der Waals surface area contributed by atoms with Crippen molar-refractivity contribution < 1.29 is 8.81 Å². The Balaban J connectivity index is 2.43. The van der Waals surface area contributed by atoms with Gasteiger partial charge in [0.25, 0.3) is 0 Å². The Morgan fingerprint density at radius 3 is 2.81 bits per heavy atom. The van der Waals surface area contributed by atoms with E-state index < -0.39 is 0 Å². The summed E-state index contributed by atoms with van der Waals surface area (Å²) in [5, 5.41) is 0.772. The normalized spacial score (nSPS) is 15.2. The van der Waals surface area contributed by atoms with Crippen LogP contribution in [0, 0.1) is 11.7 Å². The number of fused-ring (bicyclic) bond motifs is 1. The van der Waals surface area contributed by atoms with Crippen molar-refractivity contribution in [3.63, 3.8) is 0 Å². The Hall–Kier alpha value is -1.35. The summed E-state index contributed by atoms with van der Waals surface area (Å²) in [5.74, 6) is 0.651. The van der Waals surface area contributed by atoms with E-state index in [4.69, 9.17) is 10.2 Å². The molecule has 1 aromatic carbocycles. The van der Waals surface area contributed by atoms with E-state index >= 15 is 0 Å². The second-order valence-corrected chi connectivity index (χ2v) is 4.22. The first kappa shape index (κ1) is 11.1. The summed E-state index contributed by atoms with van der Waals surface area (Å²) in [6, 6.07) is 6.55. The summed E-state index contributed by atoms with van der Waals surface area (Å²) in [7, 11) is 0. The number of para-hydroxylation sites is 1. The van der Waals surface area contributed by atoms with Crippen LogP contribution in [0.1, 0.15) is 32.1 Å². The van der Waals surface area contributed by atoms with Gasteiger partial charge in [0.05, 0.1) is 6.04 Å². The fraction of sp³-hybridized carbons (Fsp3) is 0.385. The molecule has 0 fully saturated rings. The van der Waals surface area contributed by atoms with Gasteiger partial charge in [-0.1, -0.05) is 32.4 Å². The molecule has 0 aliphatic rings. The molecular weight excluding hydrogens is 205 g/mol. The van der Waals surface area contributed by atoms with Crippen molar-refractivity contribution in [1.82, 2.24) is 0 Å². The molecule has 2 atom stereocenters. The van der Waals surface area contributed by atoms with E-state index in [9.17, 15) is 4.39 Å². The summed E-state index contributed by atoms with van der Waals surface area (Å²) in [6.07, 6.45) is 0.973. The number of rotatable bonds is 3. The minimum atomic E-state index is -0.333. The van der Waals surface area contributed by atoms with Crippen molar-refractivity contribution in [2.75, 3.05) is 0 Å². The molecule has 0 saturated heterocycles. The van der Waals surface area contributed by atoms with E-state index in [2.05, 4.69) is 13.8 Å². The smallest absolute Gasteiger partial charge is 0.169 e. The minimum absolute atomic E-state index is 0.170. The van der Waals surface area contributed by atoms with Crippen LogP contribution in [0.4, 0.5) is 4.39 Å². The third kappa shape index (κ3) is 1.83. The molecule has 2 N–H and O–H groups in total. The van der Waals surface area contributed by atoms with Crippen LogP contribution < -0.4 is 5.73 Å². The predicted molar refractivity (Wildman–Crippen MR) is 62.6 cm³/mol. The Bertz CT molecular complexity index is 492. The lowest BCUT2D eigenvalue weighted by molar-refractivity contribution is 0.384. The maximum Gasteiger partial charge on any atom is 0.169 e. The lowest BCUT2D eigenvalue weighted by Crippen LogP contribution is -2.17. The van der Waals surface area contributed by atoms with E-state index in [-0.39, 0.29) is 11.9 Å². The van der Waals surface area contributed by atoms with Crippen LogP contribution in [-0.4, -0.2) is 0 Å². The summed E-state index contributed by atoms with van der Waals surface area (Å²) in [4.78, 5) is 0. The Morgan fingerprint density at radius 2 is 2.19 bits per heavy atom. The largest absolute Gasteiger partial charge is 0.456 e. The monoisotopic (exact) mass is 221 g/mol. The second-order valence-electron chi connectivity index (χ2n) is 4.22. The molecule has 0 saturated carbocycles. The van der Waals surface area contributed by atoms with Crippen molar-refractivity contribution in [3.8, 4) is 0 Å². The zero-order chi connectivity index (χ0) is 11.7. The summed E-state index contributed by atoms with van der Waals surface area (Å²) >= 11 is 0. The van der Waals surface area contributed by atoms with E-state index in [1.807, 2.05) is 12.1 Å². The number of nitrogens with two attached hydrogens (primary N) is 1. The molecule has 0 spiro atoms. The van der Waals surface area contributed by atoms with Gasteiger partial charge < -0.3 is 10.2 Å². The van der Waals surface area contributed by atoms with Gasteiger partial charge in [0.2, 0.25) is 0 Å². The highest BCUT2D eigenvalue weighted by Gasteiger charge is 2.18. The van der Waals surface area contributed by atoms with Gasteiger partial charge in [-0.2, -0.15) is 0 Å². The molecule has 0 radical (unpaired) electrons. The zero-order valence-electron chi connectivity index (χ0n) is 9.53. The number of halogens is 1. The SMILES string of the molecule is CCC(C)C(N)c1cc2cccc(F)c2o1. The van der Waals surface area contributed by atoms with Gasteiger partial charge in [0, 0.05) is 5.39 Å². The number of benzene rings is 1. The van der Waals surface area contributed by atoms with E-state index in [1.54, 1.807) is 6.07 Å². The van der Waals surface area contributed by atoms with Crippen LogP contribution in [0.25, 0.3) is 11.0 Å². The molecule has 2 aromatic rings. The van der Waals surface area contributed by atoms with E-state index in [0.29, 0.717) is 17.3 Å². The van der Waals surface area contributed by atoms with Gasteiger partial charge in [0.1, 0.15) is 5.76 Å². The highest BCUT2D eigenvalue weighted by Crippen LogP contribution is 2.29. The quantitative estimate of drug-likeness (QED) is 0.859. The van der Waals surface area contributed by atoms with Crippen molar-refractivity contribution in [3.05, 3.63) is 35.8 Å². The summed E-state index contributed by atoms with van der Waals surface area (Å²) < 4.78 is 18.9. The van der Waals surface area contributed by atoms with Gasteiger partial charge in [-0.05, 0) is 18.1 Å². The zero-order valence-corrected chi connectivity index (χ0v) is 9.53. The molecule has 0 amide bonds. The minimum Gasteiger partial charge on any atom is -0.456 e. The highest BCUT2D eigenvalue weighted by molar-refractivity contribution is 5.78. The molecule has 0 bridgehead atoms. The van der Waals surface area contributed by atoms with E-state index in [1.165, 1.54) is 6.07 Å². The maximum atomic E-state index is 13.4. The van der Waals surface area contributed by atoms with Gasteiger partial charge in [0.15, 0.2) is 11.4 Å². The lowest BCUT2D eigenvalue weighted by atomic mass is 9.98. The lowest BCUT2D eigenvalue weighted by Gasteiger charge is -2.15. The average molecular weight is 221 g/mol. The number of hydrogen-bond acceptors (Lipinski definition) is 2. The molecule has 0 aliphatic heterocycles. The average Bonchev–Trinajstić information content (AvgIpc) is 2.72. The predicted octanol–water partition coefficient (Wildman–Crippen LogP) is 3.62. The fourth-order valence-electron chi connectivity index (χ4n) is 1.75. The standard InChI is InChI=1S/C13H16FNO/c1-3-8(2)12(15)11-7-9-5-4-6-10(14)13(9)16-11/h4-8,12H,3,15H2,1-2H3. The summed E-state index contributed by atoms with van der Waals surface area (Å²) in [5.41, 5.74) is 6.35. The summed E-state index contributed by atoms with van der Waals surface area (Å²) in [6.45, 7) is 4.14. The van der Waals surface area contributed by atoms with Crippen LogP contribution in [0.5, 0.6) is 0 Å². The van der Waals surface area contributed by atoms with Gasteiger partial charge in [-0.3, -0.25) is 0 Å². The molecule has 1 aromatic heterocycles. The Labute approximate surface area is 94.2 Å². The van der Waals surface area contributed by atoms with Crippen LogP contribution in [0.2, 0.25) is 0 Å². The first-order valence-corrected chi connectivity index (χ1v) is 5.57. The molecule has 1 heterocycles.